The summed E-state index contributed by atoms with van der Waals surface area (Å²) < 4.78 is 6.03. The fourth-order valence-electron chi connectivity index (χ4n) is 2.97. The van der Waals surface area contributed by atoms with Gasteiger partial charge in [0.1, 0.15) is 5.75 Å². The third kappa shape index (κ3) is 5.84. The summed E-state index contributed by atoms with van der Waals surface area (Å²) in [6.45, 7) is 0. The van der Waals surface area contributed by atoms with Gasteiger partial charge < -0.3 is 4.74 Å². The summed E-state index contributed by atoms with van der Waals surface area (Å²) in [4.78, 5) is 13.2. The molecule has 0 aliphatic rings. The largest absolute Gasteiger partial charge is 0.497 e. The van der Waals surface area contributed by atoms with Gasteiger partial charge in [-0.2, -0.15) is 0 Å². The van der Waals surface area contributed by atoms with Crippen LogP contribution in [0.2, 0.25) is 0 Å². The van der Waals surface area contributed by atoms with Crippen LogP contribution in [0.3, 0.4) is 0 Å². The number of carbonyl (C=O) groups is 1. The molecule has 0 saturated carbocycles. The van der Waals surface area contributed by atoms with E-state index in [1.54, 1.807) is 18.9 Å². The van der Waals surface area contributed by atoms with E-state index < -0.39 is 0 Å². The lowest BCUT2D eigenvalue weighted by Gasteiger charge is -2.08. The first-order valence-corrected chi connectivity index (χ1v) is 11.7. The Labute approximate surface area is 195 Å². The Morgan fingerprint density at radius 1 is 0.969 bits per heavy atom. The first-order chi connectivity index (χ1) is 15.7. The Morgan fingerprint density at radius 2 is 1.66 bits per heavy atom. The second-order valence-corrected chi connectivity index (χ2v) is 9.00. The fraction of sp³-hybridized carbons (Fsp3) is 0.0800. The Morgan fingerprint density at radius 3 is 2.34 bits per heavy atom. The molecule has 0 atom stereocenters. The first kappa shape index (κ1) is 21.8. The van der Waals surface area contributed by atoms with E-state index in [0.29, 0.717) is 10.7 Å². The number of anilines is 1. The highest BCUT2D eigenvalue weighted by Gasteiger charge is 2.15. The maximum absolute atomic E-state index is 13.2. The van der Waals surface area contributed by atoms with Gasteiger partial charge in [-0.25, -0.2) is 0 Å². The zero-order valence-corrected chi connectivity index (χ0v) is 19.0. The number of carbonyl (C=O) groups excluding carboxylic acids is 1. The van der Waals surface area contributed by atoms with Gasteiger partial charge in [0.2, 0.25) is 5.13 Å². The lowest BCUT2D eigenvalue weighted by atomic mass is 10.0. The molecule has 160 valence electrons. The number of rotatable bonds is 8. The van der Waals surface area contributed by atoms with Gasteiger partial charge in [-0.15, -0.1) is 10.2 Å². The number of ether oxygens (including phenoxy) is 1. The molecule has 0 aliphatic heterocycles. The predicted octanol–water partition coefficient (Wildman–Crippen LogP) is 6.02. The van der Waals surface area contributed by atoms with Crippen LogP contribution < -0.4 is 10.1 Å². The van der Waals surface area contributed by atoms with Crippen molar-refractivity contribution < 1.29 is 9.53 Å². The van der Waals surface area contributed by atoms with E-state index >= 15 is 0 Å². The highest BCUT2D eigenvalue weighted by Crippen LogP contribution is 2.29. The number of nitrogens with one attached hydrogen (secondary N) is 1. The molecule has 0 unspecified atom stereocenters. The lowest BCUT2D eigenvalue weighted by Crippen LogP contribution is -2.13. The Balaban J connectivity index is 1.50. The molecule has 1 aromatic heterocycles. The minimum absolute atomic E-state index is 0.234. The monoisotopic (exact) mass is 459 g/mol. The van der Waals surface area contributed by atoms with E-state index in [9.17, 15) is 4.79 Å². The maximum atomic E-state index is 13.2. The van der Waals surface area contributed by atoms with Gasteiger partial charge in [0, 0.05) is 11.3 Å². The van der Waals surface area contributed by atoms with E-state index in [4.69, 9.17) is 4.74 Å². The summed E-state index contributed by atoms with van der Waals surface area (Å²) in [5.41, 5.74) is 3.48. The lowest BCUT2D eigenvalue weighted by molar-refractivity contribution is -0.111. The van der Waals surface area contributed by atoms with Gasteiger partial charge in [0.05, 0.1) is 7.11 Å². The number of benzene rings is 3. The van der Waals surface area contributed by atoms with Crippen LogP contribution in [0.5, 0.6) is 5.75 Å². The number of methoxy groups -OCH3 is 1. The van der Waals surface area contributed by atoms with Gasteiger partial charge in [0.15, 0.2) is 4.34 Å². The first-order valence-electron chi connectivity index (χ1n) is 9.94. The summed E-state index contributed by atoms with van der Waals surface area (Å²) in [7, 11) is 1.63. The fourth-order valence-corrected chi connectivity index (χ4v) is 4.67. The van der Waals surface area contributed by atoms with E-state index in [-0.39, 0.29) is 5.91 Å². The number of nitrogens with zero attached hydrogens (tertiary/aromatic N) is 2. The molecule has 7 heteroatoms. The molecule has 0 aliphatic carbocycles. The van der Waals surface area contributed by atoms with Crippen molar-refractivity contribution in [1.29, 1.82) is 0 Å². The smallest absolute Gasteiger partial charge is 0.258 e. The Bertz CT molecular complexity index is 1190. The molecule has 4 aromatic rings. The van der Waals surface area contributed by atoms with Gasteiger partial charge in [-0.3, -0.25) is 10.1 Å². The maximum Gasteiger partial charge on any atom is 0.258 e. The third-order valence-electron chi connectivity index (χ3n) is 4.59. The van der Waals surface area contributed by atoms with E-state index in [0.717, 1.165) is 27.0 Å². The van der Waals surface area contributed by atoms with Crippen LogP contribution in [0.25, 0.3) is 11.6 Å². The topological polar surface area (TPSA) is 64.1 Å². The third-order valence-corrected chi connectivity index (χ3v) is 6.63. The number of hydrogen-bond donors (Lipinski definition) is 1. The molecular weight excluding hydrogens is 438 g/mol. The quantitative estimate of drug-likeness (QED) is 0.151. The molecule has 0 bridgehead atoms. The predicted molar refractivity (Wildman–Crippen MR) is 132 cm³/mol. The zero-order chi connectivity index (χ0) is 22.2. The second-order valence-electron chi connectivity index (χ2n) is 6.80. The van der Waals surface area contributed by atoms with Crippen LogP contribution in [-0.2, 0) is 10.5 Å². The van der Waals surface area contributed by atoms with Crippen molar-refractivity contribution in [2.24, 2.45) is 0 Å². The Hall–Kier alpha value is -3.42. The van der Waals surface area contributed by atoms with Crippen molar-refractivity contribution in [2.45, 2.75) is 10.1 Å². The zero-order valence-electron chi connectivity index (χ0n) is 17.4. The van der Waals surface area contributed by atoms with Crippen molar-refractivity contribution in [1.82, 2.24) is 10.2 Å². The summed E-state index contributed by atoms with van der Waals surface area (Å²) in [6.07, 6.45) is 1.86. The van der Waals surface area contributed by atoms with Crippen LogP contribution in [0.15, 0.2) is 89.3 Å². The van der Waals surface area contributed by atoms with Crippen LogP contribution in [0, 0.1) is 0 Å². The van der Waals surface area contributed by atoms with Crippen molar-refractivity contribution in [3.8, 4) is 5.75 Å². The number of aromatic nitrogens is 2. The summed E-state index contributed by atoms with van der Waals surface area (Å²) >= 11 is 2.97. The minimum Gasteiger partial charge on any atom is -0.497 e. The van der Waals surface area contributed by atoms with Crippen LogP contribution >= 0.6 is 23.1 Å². The molecule has 0 fully saturated rings. The summed E-state index contributed by atoms with van der Waals surface area (Å²) in [5.74, 6) is 1.33. The van der Waals surface area contributed by atoms with Crippen LogP contribution in [0.1, 0.15) is 16.7 Å². The second kappa shape index (κ2) is 10.7. The molecule has 0 spiro atoms. The average molecular weight is 460 g/mol. The van der Waals surface area contributed by atoms with Gasteiger partial charge in [0.25, 0.3) is 5.91 Å². The van der Waals surface area contributed by atoms with Gasteiger partial charge in [-0.1, -0.05) is 95.9 Å². The van der Waals surface area contributed by atoms with Crippen molar-refractivity contribution >= 4 is 45.8 Å². The normalized spacial score (nSPS) is 11.2. The number of hydrogen-bond acceptors (Lipinski definition) is 6. The molecule has 5 nitrogen and oxygen atoms in total. The molecule has 3 aromatic carbocycles. The van der Waals surface area contributed by atoms with E-state index in [2.05, 4.69) is 27.6 Å². The molecule has 1 N–H and O–H groups in total. The molecule has 1 heterocycles. The highest BCUT2D eigenvalue weighted by atomic mass is 32.2. The minimum atomic E-state index is -0.234. The Kier molecular flexibility index (Phi) is 7.32. The molecule has 0 radical (unpaired) electrons. The van der Waals surface area contributed by atoms with Crippen LogP contribution in [-0.4, -0.2) is 23.2 Å². The highest BCUT2D eigenvalue weighted by molar-refractivity contribution is 8.00. The molecular formula is C25H21N3O2S2. The van der Waals surface area contributed by atoms with Crippen molar-refractivity contribution in [3.63, 3.8) is 0 Å². The van der Waals surface area contributed by atoms with Gasteiger partial charge >= 0.3 is 0 Å². The summed E-state index contributed by atoms with van der Waals surface area (Å²) in [6, 6.07) is 27.3. The van der Waals surface area contributed by atoms with E-state index in [1.165, 1.54) is 16.9 Å². The van der Waals surface area contributed by atoms with Crippen LogP contribution in [0.4, 0.5) is 5.13 Å². The standard InChI is InChI=1S/C25H21N3O2S2/c1-30-21-14-12-18(13-15-21)16-22(20-10-6-3-7-11-20)23(29)26-24-27-28-25(32-24)31-17-19-8-4-2-5-9-19/h2-16H,17H2,1H3,(H,26,27,29)/b22-16+. The number of amides is 1. The number of thioether (sulfide) groups is 1. The SMILES string of the molecule is COc1ccc(/C=C(/C(=O)Nc2nnc(SCc3ccccc3)s2)c2ccccc2)cc1. The molecule has 4 rings (SSSR count). The van der Waals surface area contributed by atoms with Crippen molar-refractivity contribution in [3.05, 3.63) is 102 Å². The van der Waals surface area contributed by atoms with Crippen molar-refractivity contribution in [2.75, 3.05) is 12.4 Å². The summed E-state index contributed by atoms with van der Waals surface area (Å²) in [5, 5.41) is 11.7. The molecule has 1 amide bonds. The molecule has 32 heavy (non-hydrogen) atoms. The molecule has 0 saturated heterocycles. The average Bonchev–Trinajstić information content (AvgIpc) is 3.30. The van der Waals surface area contributed by atoms with E-state index in [1.807, 2.05) is 78.9 Å². The van der Waals surface area contributed by atoms with Gasteiger partial charge in [-0.05, 0) is 34.9 Å².